The highest BCUT2D eigenvalue weighted by molar-refractivity contribution is 6.00. The number of fused-ring (bicyclic) bond motifs is 1. The Morgan fingerprint density at radius 3 is 3.04 bits per heavy atom. The third-order valence-electron chi connectivity index (χ3n) is 4.79. The minimum absolute atomic E-state index is 0.00108. The number of aromatic nitrogens is 2. The molecule has 2 amide bonds. The number of nitrogens with one attached hydrogen (secondary N) is 2. The molecule has 1 saturated heterocycles. The van der Waals surface area contributed by atoms with E-state index >= 15 is 0 Å². The number of nitrogens with zero attached hydrogens (tertiary/aromatic N) is 3. The molecule has 2 atom stereocenters. The first-order chi connectivity index (χ1) is 12.6. The van der Waals surface area contributed by atoms with Gasteiger partial charge in [0.1, 0.15) is 17.6 Å². The van der Waals surface area contributed by atoms with Gasteiger partial charge in [-0.1, -0.05) is 12.1 Å². The van der Waals surface area contributed by atoms with Crippen LogP contribution in [0.5, 0.6) is 5.75 Å². The van der Waals surface area contributed by atoms with E-state index in [1.54, 1.807) is 23.2 Å². The van der Waals surface area contributed by atoms with E-state index in [9.17, 15) is 9.59 Å². The second kappa shape index (κ2) is 6.80. The van der Waals surface area contributed by atoms with E-state index < -0.39 is 6.10 Å². The zero-order valence-electron chi connectivity index (χ0n) is 14.5. The average Bonchev–Trinajstić information content (AvgIpc) is 3.08. The predicted octanol–water partition coefficient (Wildman–Crippen LogP) is 0.683. The van der Waals surface area contributed by atoms with Crippen LogP contribution >= 0.6 is 0 Å². The summed E-state index contributed by atoms with van der Waals surface area (Å²) in [6, 6.07) is 7.07. The van der Waals surface area contributed by atoms with Gasteiger partial charge in [-0.3, -0.25) is 9.59 Å². The van der Waals surface area contributed by atoms with Crippen LogP contribution in [0.15, 0.2) is 36.7 Å². The van der Waals surface area contributed by atoms with Gasteiger partial charge in [-0.05, 0) is 12.1 Å². The maximum absolute atomic E-state index is 12.9. The van der Waals surface area contributed by atoms with E-state index in [1.807, 2.05) is 29.9 Å². The molecule has 2 aliphatic rings. The smallest absolute Gasteiger partial charge is 0.266 e. The first-order valence-electron chi connectivity index (χ1n) is 8.67. The lowest BCUT2D eigenvalue weighted by molar-refractivity contribution is -0.140. The molecule has 8 nitrogen and oxygen atoms in total. The van der Waals surface area contributed by atoms with Crippen molar-refractivity contribution in [3.8, 4) is 5.75 Å². The molecule has 0 bridgehead atoms. The Bertz CT molecular complexity index is 834. The van der Waals surface area contributed by atoms with Crippen LogP contribution in [-0.2, 0) is 16.6 Å². The molecule has 26 heavy (non-hydrogen) atoms. The van der Waals surface area contributed by atoms with Gasteiger partial charge >= 0.3 is 0 Å². The van der Waals surface area contributed by atoms with Gasteiger partial charge in [0.05, 0.1) is 12.1 Å². The van der Waals surface area contributed by atoms with Crippen LogP contribution in [0.1, 0.15) is 18.3 Å². The van der Waals surface area contributed by atoms with Gasteiger partial charge in [0, 0.05) is 39.1 Å². The maximum Gasteiger partial charge on any atom is 0.266 e. The Hall–Kier alpha value is -2.87. The van der Waals surface area contributed by atoms with Crippen molar-refractivity contribution in [2.45, 2.75) is 18.6 Å². The molecule has 1 aromatic carbocycles. The standard InChI is InChI=1S/C18H21N5O3/c1-22-8-7-20-17(22)13-11-19-6-9-23(13)16(24)10-15-18(25)21-12-4-2-3-5-14(12)26-15/h2-5,7-8,13,15,19H,6,9-11H2,1H3,(H,21,25). The van der Waals surface area contributed by atoms with Gasteiger partial charge in [-0.15, -0.1) is 0 Å². The van der Waals surface area contributed by atoms with Crippen molar-refractivity contribution in [2.24, 2.45) is 7.05 Å². The molecular weight excluding hydrogens is 334 g/mol. The number of carbonyl (C=O) groups is 2. The molecule has 1 fully saturated rings. The molecule has 4 rings (SSSR count). The average molecular weight is 355 g/mol. The zero-order chi connectivity index (χ0) is 18.1. The lowest BCUT2D eigenvalue weighted by Crippen LogP contribution is -2.51. The molecule has 1 aromatic heterocycles. The normalized spacial score (nSPS) is 22.3. The minimum Gasteiger partial charge on any atom is -0.478 e. The number of ether oxygens (including phenoxy) is 1. The summed E-state index contributed by atoms with van der Waals surface area (Å²) in [7, 11) is 1.91. The third-order valence-corrected chi connectivity index (χ3v) is 4.79. The van der Waals surface area contributed by atoms with Crippen molar-refractivity contribution >= 4 is 17.5 Å². The fraction of sp³-hybridized carbons (Fsp3) is 0.389. The summed E-state index contributed by atoms with van der Waals surface area (Å²) in [5.41, 5.74) is 0.634. The second-order valence-electron chi connectivity index (χ2n) is 6.50. The van der Waals surface area contributed by atoms with Gasteiger partial charge in [0.25, 0.3) is 5.91 Å². The van der Waals surface area contributed by atoms with Crippen LogP contribution in [0.2, 0.25) is 0 Å². The number of hydrogen-bond acceptors (Lipinski definition) is 5. The molecule has 0 spiro atoms. The molecule has 0 saturated carbocycles. The molecule has 2 unspecified atom stereocenters. The number of anilines is 1. The van der Waals surface area contributed by atoms with Gasteiger partial charge in [-0.25, -0.2) is 4.98 Å². The second-order valence-corrected chi connectivity index (χ2v) is 6.50. The van der Waals surface area contributed by atoms with Crippen molar-refractivity contribution in [2.75, 3.05) is 25.0 Å². The van der Waals surface area contributed by atoms with Crippen molar-refractivity contribution in [1.29, 1.82) is 0 Å². The summed E-state index contributed by atoms with van der Waals surface area (Å²) in [6.07, 6.45) is 2.76. The van der Waals surface area contributed by atoms with Crippen LogP contribution in [0.4, 0.5) is 5.69 Å². The summed E-state index contributed by atoms with van der Waals surface area (Å²) in [6.45, 7) is 1.92. The molecule has 8 heteroatoms. The Labute approximate surface area is 151 Å². The highest BCUT2D eigenvalue weighted by Crippen LogP contribution is 2.30. The number of imidazole rings is 1. The Morgan fingerprint density at radius 1 is 1.38 bits per heavy atom. The summed E-state index contributed by atoms with van der Waals surface area (Å²) >= 11 is 0. The van der Waals surface area contributed by atoms with E-state index in [4.69, 9.17) is 4.74 Å². The number of amides is 2. The maximum atomic E-state index is 12.9. The van der Waals surface area contributed by atoms with Crippen LogP contribution in [0.25, 0.3) is 0 Å². The Kier molecular flexibility index (Phi) is 4.34. The molecule has 0 aliphatic carbocycles. The summed E-state index contributed by atoms with van der Waals surface area (Å²) in [4.78, 5) is 31.4. The van der Waals surface area contributed by atoms with Gasteiger partial charge in [0.2, 0.25) is 5.91 Å². The van der Waals surface area contributed by atoms with Crippen molar-refractivity contribution in [3.05, 3.63) is 42.5 Å². The SMILES string of the molecule is Cn1ccnc1C1CNCCN1C(=O)CC1Oc2ccccc2NC1=O. The van der Waals surface area contributed by atoms with Gasteiger partial charge in [0.15, 0.2) is 6.10 Å². The van der Waals surface area contributed by atoms with Crippen LogP contribution in [0, 0.1) is 0 Å². The van der Waals surface area contributed by atoms with Gasteiger partial charge in [-0.2, -0.15) is 0 Å². The van der Waals surface area contributed by atoms with Crippen molar-refractivity contribution in [1.82, 2.24) is 19.8 Å². The molecule has 0 radical (unpaired) electrons. The molecule has 2 N–H and O–H groups in total. The first kappa shape index (κ1) is 16.6. The monoisotopic (exact) mass is 355 g/mol. The molecule has 2 aromatic rings. The number of carbonyl (C=O) groups excluding carboxylic acids is 2. The minimum atomic E-state index is -0.825. The molecule has 136 valence electrons. The number of para-hydroxylation sites is 2. The predicted molar refractivity (Wildman–Crippen MR) is 94.6 cm³/mol. The number of benzene rings is 1. The summed E-state index contributed by atoms with van der Waals surface area (Å²) < 4.78 is 7.67. The van der Waals surface area contributed by atoms with E-state index in [0.29, 0.717) is 31.1 Å². The van der Waals surface area contributed by atoms with Crippen LogP contribution in [0.3, 0.4) is 0 Å². The Balaban J connectivity index is 1.50. The quantitative estimate of drug-likeness (QED) is 0.845. The number of rotatable bonds is 3. The Morgan fingerprint density at radius 2 is 2.23 bits per heavy atom. The van der Waals surface area contributed by atoms with Crippen LogP contribution in [-0.4, -0.2) is 52.0 Å². The fourth-order valence-electron chi connectivity index (χ4n) is 3.43. The summed E-state index contributed by atoms with van der Waals surface area (Å²) in [5, 5.41) is 6.11. The molecule has 3 heterocycles. The number of aryl methyl sites for hydroxylation is 1. The largest absolute Gasteiger partial charge is 0.478 e. The highest BCUT2D eigenvalue weighted by atomic mass is 16.5. The highest BCUT2D eigenvalue weighted by Gasteiger charge is 2.35. The first-order valence-corrected chi connectivity index (χ1v) is 8.67. The van der Waals surface area contributed by atoms with E-state index in [2.05, 4.69) is 15.6 Å². The molecular formula is C18H21N5O3. The van der Waals surface area contributed by atoms with E-state index in [0.717, 1.165) is 5.82 Å². The number of piperazine rings is 1. The van der Waals surface area contributed by atoms with Crippen molar-refractivity contribution < 1.29 is 14.3 Å². The topological polar surface area (TPSA) is 88.5 Å². The zero-order valence-corrected chi connectivity index (χ0v) is 14.5. The summed E-state index contributed by atoms with van der Waals surface area (Å²) in [5.74, 6) is 1.01. The van der Waals surface area contributed by atoms with E-state index in [-0.39, 0.29) is 24.3 Å². The lowest BCUT2D eigenvalue weighted by atomic mass is 10.1. The third kappa shape index (κ3) is 3.03. The van der Waals surface area contributed by atoms with E-state index in [1.165, 1.54) is 0 Å². The number of hydrogen-bond donors (Lipinski definition) is 2. The van der Waals surface area contributed by atoms with Crippen LogP contribution < -0.4 is 15.4 Å². The molecule has 2 aliphatic heterocycles. The van der Waals surface area contributed by atoms with Gasteiger partial charge < -0.3 is 24.8 Å². The fourth-order valence-corrected chi connectivity index (χ4v) is 3.43. The lowest BCUT2D eigenvalue weighted by Gasteiger charge is -2.36. The van der Waals surface area contributed by atoms with Crippen molar-refractivity contribution in [3.63, 3.8) is 0 Å².